The lowest BCUT2D eigenvalue weighted by molar-refractivity contribution is -0.384. The first-order chi connectivity index (χ1) is 9.06. The van der Waals surface area contributed by atoms with Gasteiger partial charge in [0.05, 0.1) is 11.5 Å². The number of benzene rings is 1. The number of non-ortho nitro benzene ring substituents is 1. The zero-order valence-corrected chi connectivity index (χ0v) is 10.5. The SMILES string of the molecule is NC(=O)CN1CCN(c2cccc([N+](=O)[O-])c2)CC1. The average molecular weight is 264 g/mol. The first-order valence-corrected chi connectivity index (χ1v) is 6.06. The molecule has 2 rings (SSSR count). The number of amides is 1. The van der Waals surface area contributed by atoms with E-state index in [1.807, 2.05) is 11.0 Å². The molecular formula is C12H16N4O3. The summed E-state index contributed by atoms with van der Waals surface area (Å²) in [6.45, 7) is 3.18. The maximum Gasteiger partial charge on any atom is 0.271 e. The van der Waals surface area contributed by atoms with Crippen LogP contribution in [0, 0.1) is 10.1 Å². The summed E-state index contributed by atoms with van der Waals surface area (Å²) in [4.78, 5) is 25.2. The van der Waals surface area contributed by atoms with E-state index in [0.29, 0.717) is 0 Å². The van der Waals surface area contributed by atoms with Crippen LogP contribution >= 0.6 is 0 Å². The predicted octanol–water partition coefficient (Wildman–Crippen LogP) is 0.202. The number of nitrogens with zero attached hydrogens (tertiary/aromatic N) is 3. The van der Waals surface area contributed by atoms with Gasteiger partial charge in [-0.25, -0.2) is 0 Å². The maximum atomic E-state index is 10.8. The van der Waals surface area contributed by atoms with Crippen LogP contribution in [-0.2, 0) is 4.79 Å². The molecule has 1 aliphatic rings. The molecule has 102 valence electrons. The monoisotopic (exact) mass is 264 g/mol. The number of anilines is 1. The molecule has 2 N–H and O–H groups in total. The van der Waals surface area contributed by atoms with Gasteiger partial charge in [0, 0.05) is 44.0 Å². The van der Waals surface area contributed by atoms with Crippen molar-refractivity contribution in [2.75, 3.05) is 37.6 Å². The van der Waals surface area contributed by atoms with Crippen molar-refractivity contribution < 1.29 is 9.72 Å². The molecule has 0 atom stereocenters. The van der Waals surface area contributed by atoms with Crippen molar-refractivity contribution in [3.63, 3.8) is 0 Å². The Hall–Kier alpha value is -2.15. The van der Waals surface area contributed by atoms with E-state index in [-0.39, 0.29) is 18.1 Å². The summed E-state index contributed by atoms with van der Waals surface area (Å²) in [6.07, 6.45) is 0. The van der Waals surface area contributed by atoms with Gasteiger partial charge in [-0.3, -0.25) is 19.8 Å². The second-order valence-electron chi connectivity index (χ2n) is 4.51. The number of carbonyl (C=O) groups is 1. The van der Waals surface area contributed by atoms with Gasteiger partial charge in [0.1, 0.15) is 0 Å². The van der Waals surface area contributed by atoms with Crippen LogP contribution < -0.4 is 10.6 Å². The second kappa shape index (κ2) is 5.66. The Morgan fingerprint density at radius 1 is 1.32 bits per heavy atom. The Balaban J connectivity index is 1.99. The molecule has 1 saturated heterocycles. The summed E-state index contributed by atoms with van der Waals surface area (Å²) in [6, 6.07) is 6.59. The van der Waals surface area contributed by atoms with Crippen molar-refractivity contribution in [2.45, 2.75) is 0 Å². The van der Waals surface area contributed by atoms with Gasteiger partial charge in [0.2, 0.25) is 5.91 Å². The Bertz CT molecular complexity index is 484. The highest BCUT2D eigenvalue weighted by Gasteiger charge is 2.19. The zero-order valence-electron chi connectivity index (χ0n) is 10.5. The molecule has 19 heavy (non-hydrogen) atoms. The smallest absolute Gasteiger partial charge is 0.271 e. The van der Waals surface area contributed by atoms with Gasteiger partial charge < -0.3 is 10.6 Å². The van der Waals surface area contributed by atoms with Crippen molar-refractivity contribution in [1.82, 2.24) is 4.90 Å². The average Bonchev–Trinajstić information content (AvgIpc) is 2.39. The van der Waals surface area contributed by atoms with Crippen LogP contribution in [0.5, 0.6) is 0 Å². The van der Waals surface area contributed by atoms with E-state index in [4.69, 9.17) is 5.73 Å². The second-order valence-corrected chi connectivity index (χ2v) is 4.51. The standard InChI is InChI=1S/C12H16N4O3/c13-12(17)9-14-4-6-15(7-5-14)10-2-1-3-11(8-10)16(18)19/h1-3,8H,4-7,9H2,(H2,13,17). The van der Waals surface area contributed by atoms with Gasteiger partial charge in [-0.15, -0.1) is 0 Å². The zero-order chi connectivity index (χ0) is 13.8. The first kappa shape index (κ1) is 13.3. The van der Waals surface area contributed by atoms with Gasteiger partial charge in [-0.05, 0) is 6.07 Å². The summed E-state index contributed by atoms with van der Waals surface area (Å²) in [5.74, 6) is -0.330. The summed E-state index contributed by atoms with van der Waals surface area (Å²) in [5, 5.41) is 10.7. The third kappa shape index (κ3) is 3.41. The molecule has 0 bridgehead atoms. The summed E-state index contributed by atoms with van der Waals surface area (Å²) < 4.78 is 0. The minimum absolute atomic E-state index is 0.0945. The van der Waals surface area contributed by atoms with Gasteiger partial charge in [-0.1, -0.05) is 6.07 Å². The van der Waals surface area contributed by atoms with Crippen LogP contribution in [0.25, 0.3) is 0 Å². The Morgan fingerprint density at radius 2 is 2.00 bits per heavy atom. The molecule has 7 heteroatoms. The van der Waals surface area contributed by atoms with Gasteiger partial charge in [0.25, 0.3) is 5.69 Å². The van der Waals surface area contributed by atoms with Gasteiger partial charge in [0.15, 0.2) is 0 Å². The fraction of sp³-hybridized carbons (Fsp3) is 0.417. The molecule has 0 radical (unpaired) electrons. The molecule has 1 fully saturated rings. The van der Waals surface area contributed by atoms with Crippen molar-refractivity contribution in [2.24, 2.45) is 5.73 Å². The van der Waals surface area contributed by atoms with Crippen LogP contribution in [0.1, 0.15) is 0 Å². The lowest BCUT2D eigenvalue weighted by atomic mass is 10.2. The van der Waals surface area contributed by atoms with Crippen LogP contribution in [0.3, 0.4) is 0 Å². The van der Waals surface area contributed by atoms with Gasteiger partial charge >= 0.3 is 0 Å². The Labute approximate surface area is 110 Å². The topological polar surface area (TPSA) is 92.7 Å². The molecule has 1 aromatic carbocycles. The number of nitro benzene ring substituents is 1. The summed E-state index contributed by atoms with van der Waals surface area (Å²) in [7, 11) is 0. The number of hydrogen-bond acceptors (Lipinski definition) is 5. The van der Waals surface area contributed by atoms with Crippen molar-refractivity contribution in [3.05, 3.63) is 34.4 Å². The number of rotatable bonds is 4. The molecule has 0 unspecified atom stereocenters. The normalized spacial score (nSPS) is 16.3. The van der Waals surface area contributed by atoms with E-state index in [1.165, 1.54) is 6.07 Å². The summed E-state index contributed by atoms with van der Waals surface area (Å²) in [5.41, 5.74) is 6.09. The number of piperazine rings is 1. The van der Waals surface area contributed by atoms with Crippen LogP contribution in [0.15, 0.2) is 24.3 Å². The number of hydrogen-bond donors (Lipinski definition) is 1. The van der Waals surface area contributed by atoms with Crippen LogP contribution in [0.2, 0.25) is 0 Å². The highest BCUT2D eigenvalue weighted by molar-refractivity contribution is 5.76. The number of nitro groups is 1. The predicted molar refractivity (Wildman–Crippen MR) is 70.9 cm³/mol. The molecular weight excluding hydrogens is 248 g/mol. The molecule has 1 aromatic rings. The van der Waals surface area contributed by atoms with Crippen molar-refractivity contribution >= 4 is 17.3 Å². The molecule has 7 nitrogen and oxygen atoms in total. The largest absolute Gasteiger partial charge is 0.369 e. The highest BCUT2D eigenvalue weighted by Crippen LogP contribution is 2.22. The number of nitrogens with two attached hydrogens (primary N) is 1. The quantitative estimate of drug-likeness (QED) is 0.619. The minimum Gasteiger partial charge on any atom is -0.369 e. The Kier molecular flexibility index (Phi) is 3.96. The number of carbonyl (C=O) groups excluding carboxylic acids is 1. The Morgan fingerprint density at radius 3 is 2.58 bits per heavy atom. The lowest BCUT2D eigenvalue weighted by Gasteiger charge is -2.35. The van der Waals surface area contributed by atoms with E-state index in [0.717, 1.165) is 31.9 Å². The van der Waals surface area contributed by atoms with Crippen LogP contribution in [0.4, 0.5) is 11.4 Å². The molecule has 0 saturated carbocycles. The molecule has 0 aliphatic carbocycles. The fourth-order valence-corrected chi connectivity index (χ4v) is 2.19. The van der Waals surface area contributed by atoms with Gasteiger partial charge in [-0.2, -0.15) is 0 Å². The molecule has 1 amide bonds. The van der Waals surface area contributed by atoms with Crippen molar-refractivity contribution in [3.8, 4) is 0 Å². The third-order valence-electron chi connectivity index (χ3n) is 3.16. The highest BCUT2D eigenvalue weighted by atomic mass is 16.6. The van der Waals surface area contributed by atoms with Crippen LogP contribution in [-0.4, -0.2) is 48.5 Å². The minimum atomic E-state index is -0.396. The molecule has 0 spiro atoms. The number of primary amides is 1. The molecule has 1 heterocycles. The molecule has 1 aliphatic heterocycles. The van der Waals surface area contributed by atoms with E-state index < -0.39 is 4.92 Å². The molecule has 0 aromatic heterocycles. The van der Waals surface area contributed by atoms with E-state index in [9.17, 15) is 14.9 Å². The first-order valence-electron chi connectivity index (χ1n) is 6.06. The van der Waals surface area contributed by atoms with E-state index in [1.54, 1.807) is 12.1 Å². The fourth-order valence-electron chi connectivity index (χ4n) is 2.19. The summed E-state index contributed by atoms with van der Waals surface area (Å²) >= 11 is 0. The van der Waals surface area contributed by atoms with Crippen molar-refractivity contribution in [1.29, 1.82) is 0 Å². The lowest BCUT2D eigenvalue weighted by Crippen LogP contribution is -2.48. The third-order valence-corrected chi connectivity index (χ3v) is 3.16. The van der Waals surface area contributed by atoms with E-state index >= 15 is 0 Å². The maximum absolute atomic E-state index is 10.8. The van der Waals surface area contributed by atoms with E-state index in [2.05, 4.69) is 4.90 Å².